The van der Waals surface area contributed by atoms with Crippen molar-refractivity contribution in [3.05, 3.63) is 59.1 Å². The van der Waals surface area contributed by atoms with Crippen molar-refractivity contribution in [3.8, 4) is 5.75 Å². The van der Waals surface area contributed by atoms with E-state index in [0.717, 1.165) is 17.4 Å². The molecule has 0 bridgehead atoms. The molecule has 3 rings (SSSR count). The number of hydrogen-bond donors (Lipinski definition) is 2. The van der Waals surface area contributed by atoms with Gasteiger partial charge in [0.25, 0.3) is 0 Å². The fourth-order valence-electron chi connectivity index (χ4n) is 2.11. The van der Waals surface area contributed by atoms with Gasteiger partial charge in [-0.15, -0.1) is 0 Å². The van der Waals surface area contributed by atoms with Crippen molar-refractivity contribution in [2.75, 3.05) is 18.5 Å². The number of hydrogen-bond acceptors (Lipinski definition) is 4. The second kappa shape index (κ2) is 6.50. The molecule has 0 radical (unpaired) electrons. The first-order chi connectivity index (χ1) is 10.3. The number of fused-ring (bicyclic) bond motifs is 1. The molecule has 0 aliphatic carbocycles. The summed E-state index contributed by atoms with van der Waals surface area (Å²) < 4.78 is 5.62. The van der Waals surface area contributed by atoms with E-state index in [4.69, 9.17) is 16.3 Å². The number of aliphatic imine (C=N–C) groups is 1. The van der Waals surface area contributed by atoms with Gasteiger partial charge in [0.2, 0.25) is 0 Å². The fraction of sp³-hybridized carbons (Fsp3) is 0.188. The molecule has 108 valence electrons. The normalized spacial score (nSPS) is 12.9. The summed E-state index contributed by atoms with van der Waals surface area (Å²) in [6.07, 6.45) is 0. The highest BCUT2D eigenvalue weighted by Gasteiger charge is 2.09. The summed E-state index contributed by atoms with van der Waals surface area (Å²) in [5.41, 5.74) is 2.31. The van der Waals surface area contributed by atoms with E-state index in [1.807, 2.05) is 36.4 Å². The molecule has 1 aliphatic rings. The van der Waals surface area contributed by atoms with Crippen molar-refractivity contribution in [1.29, 1.82) is 0 Å². The minimum atomic E-state index is 0.544. The van der Waals surface area contributed by atoms with E-state index in [1.54, 1.807) is 6.07 Å². The molecular weight excluding hydrogens is 286 g/mol. The first-order valence-electron chi connectivity index (χ1n) is 6.83. The Morgan fingerprint density at radius 1 is 1.19 bits per heavy atom. The minimum Gasteiger partial charge on any atom is -0.492 e. The molecule has 5 heteroatoms. The van der Waals surface area contributed by atoms with E-state index in [0.29, 0.717) is 24.7 Å². The maximum Gasteiger partial charge on any atom is 0.196 e. The summed E-state index contributed by atoms with van der Waals surface area (Å²) in [7, 11) is 0. The van der Waals surface area contributed by atoms with Crippen LogP contribution in [0.2, 0.25) is 5.02 Å². The Labute approximate surface area is 128 Å². The highest BCUT2D eigenvalue weighted by molar-refractivity contribution is 6.30. The molecule has 21 heavy (non-hydrogen) atoms. The summed E-state index contributed by atoms with van der Waals surface area (Å²) in [4.78, 5) is 4.45. The molecule has 1 heterocycles. The van der Waals surface area contributed by atoms with Crippen LogP contribution in [0.1, 0.15) is 5.56 Å². The number of nitrogens with zero attached hydrogens (tertiary/aromatic N) is 1. The van der Waals surface area contributed by atoms with Gasteiger partial charge < -0.3 is 15.4 Å². The lowest BCUT2D eigenvalue weighted by Crippen LogP contribution is -2.35. The van der Waals surface area contributed by atoms with Crippen LogP contribution in [0.5, 0.6) is 5.75 Å². The number of anilines is 1. The molecule has 2 aromatic carbocycles. The number of halogens is 1. The lowest BCUT2D eigenvalue weighted by molar-refractivity contribution is 0.322. The maximum absolute atomic E-state index is 5.90. The van der Waals surface area contributed by atoms with Crippen molar-refractivity contribution in [2.45, 2.75) is 6.54 Å². The van der Waals surface area contributed by atoms with Crippen LogP contribution in [0, 0.1) is 0 Å². The van der Waals surface area contributed by atoms with Gasteiger partial charge in [-0.25, -0.2) is 4.99 Å². The summed E-state index contributed by atoms with van der Waals surface area (Å²) in [6, 6.07) is 15.5. The zero-order valence-corrected chi connectivity index (χ0v) is 12.2. The topological polar surface area (TPSA) is 45.6 Å². The standard InChI is InChI=1S/C16H16ClN3O/c17-13-5-3-6-14(10-13)21-9-8-18-16-19-11-12-4-1-2-7-15(12)20-16/h1-7,10H,8-9,11H2,(H2,18,19,20). The molecule has 1 aliphatic heterocycles. The molecule has 0 amide bonds. The minimum absolute atomic E-state index is 0.544. The first-order valence-corrected chi connectivity index (χ1v) is 7.21. The van der Waals surface area contributed by atoms with Gasteiger partial charge in [-0.05, 0) is 29.8 Å². The average Bonchev–Trinajstić information content (AvgIpc) is 2.51. The Bertz CT molecular complexity index is 657. The van der Waals surface area contributed by atoms with Crippen LogP contribution in [0.15, 0.2) is 53.5 Å². The number of benzene rings is 2. The van der Waals surface area contributed by atoms with E-state index >= 15 is 0 Å². The number of guanidine groups is 1. The summed E-state index contributed by atoms with van der Waals surface area (Å²) in [6.45, 7) is 1.91. The zero-order chi connectivity index (χ0) is 14.5. The number of nitrogens with one attached hydrogen (secondary N) is 2. The highest BCUT2D eigenvalue weighted by Crippen LogP contribution is 2.19. The van der Waals surface area contributed by atoms with Gasteiger partial charge in [0.1, 0.15) is 12.4 Å². The van der Waals surface area contributed by atoms with Crippen LogP contribution in [-0.4, -0.2) is 19.1 Å². The van der Waals surface area contributed by atoms with Gasteiger partial charge in [-0.2, -0.15) is 0 Å². The molecule has 4 nitrogen and oxygen atoms in total. The molecular formula is C16H16ClN3O. The Hall–Kier alpha value is -2.20. The van der Waals surface area contributed by atoms with Crippen molar-refractivity contribution in [2.24, 2.45) is 4.99 Å². The monoisotopic (exact) mass is 301 g/mol. The zero-order valence-electron chi connectivity index (χ0n) is 11.5. The van der Waals surface area contributed by atoms with E-state index in [2.05, 4.69) is 21.7 Å². The molecule has 2 N–H and O–H groups in total. The number of ether oxygens (including phenoxy) is 1. The van der Waals surface area contributed by atoms with Crippen molar-refractivity contribution < 1.29 is 4.74 Å². The Kier molecular flexibility index (Phi) is 4.26. The third-order valence-electron chi connectivity index (χ3n) is 3.14. The number of rotatable bonds is 4. The van der Waals surface area contributed by atoms with Gasteiger partial charge in [0.05, 0.1) is 13.1 Å². The predicted molar refractivity (Wildman–Crippen MR) is 86.2 cm³/mol. The van der Waals surface area contributed by atoms with Crippen LogP contribution >= 0.6 is 11.6 Å². The summed E-state index contributed by atoms with van der Waals surface area (Å²) in [5, 5.41) is 7.17. The Morgan fingerprint density at radius 2 is 2.10 bits per heavy atom. The van der Waals surface area contributed by atoms with Crippen molar-refractivity contribution in [1.82, 2.24) is 5.32 Å². The van der Waals surface area contributed by atoms with Crippen LogP contribution in [0.4, 0.5) is 5.69 Å². The first kappa shape index (κ1) is 13.8. The van der Waals surface area contributed by atoms with Gasteiger partial charge in [0.15, 0.2) is 5.96 Å². The molecule has 0 aromatic heterocycles. The Morgan fingerprint density at radius 3 is 3.00 bits per heavy atom. The molecule has 0 atom stereocenters. The third-order valence-corrected chi connectivity index (χ3v) is 3.37. The van der Waals surface area contributed by atoms with Crippen molar-refractivity contribution >= 4 is 23.2 Å². The maximum atomic E-state index is 5.90. The van der Waals surface area contributed by atoms with Crippen LogP contribution in [-0.2, 0) is 6.54 Å². The smallest absolute Gasteiger partial charge is 0.196 e. The molecule has 0 spiro atoms. The average molecular weight is 302 g/mol. The Balaban J connectivity index is 1.45. The van der Waals surface area contributed by atoms with Crippen LogP contribution < -0.4 is 15.4 Å². The van der Waals surface area contributed by atoms with E-state index in [9.17, 15) is 0 Å². The van der Waals surface area contributed by atoms with E-state index in [1.165, 1.54) is 5.56 Å². The van der Waals surface area contributed by atoms with E-state index < -0.39 is 0 Å². The fourth-order valence-corrected chi connectivity index (χ4v) is 2.29. The lowest BCUT2D eigenvalue weighted by Gasteiger charge is -2.19. The SMILES string of the molecule is Clc1cccc(OCCNC2=NCc3ccccc3N2)c1. The lowest BCUT2D eigenvalue weighted by atomic mass is 10.1. The summed E-state index contributed by atoms with van der Waals surface area (Å²) in [5.74, 6) is 1.55. The third kappa shape index (κ3) is 3.67. The van der Waals surface area contributed by atoms with Gasteiger partial charge in [0, 0.05) is 10.7 Å². The second-order valence-corrected chi connectivity index (χ2v) is 5.12. The predicted octanol–water partition coefficient (Wildman–Crippen LogP) is 3.29. The van der Waals surface area contributed by atoms with E-state index in [-0.39, 0.29) is 0 Å². The molecule has 2 aromatic rings. The largest absolute Gasteiger partial charge is 0.492 e. The highest BCUT2D eigenvalue weighted by atomic mass is 35.5. The van der Waals surface area contributed by atoms with Crippen LogP contribution in [0.3, 0.4) is 0 Å². The van der Waals surface area contributed by atoms with Gasteiger partial charge >= 0.3 is 0 Å². The quantitative estimate of drug-likeness (QED) is 0.852. The van der Waals surface area contributed by atoms with Crippen molar-refractivity contribution in [3.63, 3.8) is 0 Å². The second-order valence-electron chi connectivity index (χ2n) is 4.68. The van der Waals surface area contributed by atoms with Gasteiger partial charge in [-0.3, -0.25) is 0 Å². The molecule has 0 saturated carbocycles. The molecule has 0 saturated heterocycles. The molecule has 0 unspecified atom stereocenters. The van der Waals surface area contributed by atoms with Crippen LogP contribution in [0.25, 0.3) is 0 Å². The number of para-hydroxylation sites is 1. The summed E-state index contributed by atoms with van der Waals surface area (Å²) >= 11 is 5.90. The van der Waals surface area contributed by atoms with Gasteiger partial charge in [-0.1, -0.05) is 35.9 Å². The molecule has 0 fully saturated rings.